The van der Waals surface area contributed by atoms with Gasteiger partial charge in [0.05, 0.1) is 6.54 Å². The van der Waals surface area contributed by atoms with Gasteiger partial charge in [0.2, 0.25) is 11.8 Å². The highest BCUT2D eigenvalue weighted by atomic mass is 16.2. The lowest BCUT2D eigenvalue weighted by Gasteiger charge is -2.48. The minimum Gasteiger partial charge on any atom is -0.340 e. The summed E-state index contributed by atoms with van der Waals surface area (Å²) in [5.74, 6) is 5.93. The van der Waals surface area contributed by atoms with Crippen LogP contribution in [0.3, 0.4) is 0 Å². The molecule has 2 rings (SSSR count). The Bertz CT molecular complexity index is 453. The Morgan fingerprint density at radius 3 is 2.50 bits per heavy atom. The molecule has 1 atom stereocenters. The van der Waals surface area contributed by atoms with Gasteiger partial charge in [0, 0.05) is 0 Å². The van der Waals surface area contributed by atoms with Crippen LogP contribution in [0.1, 0.15) is 52.9 Å². The van der Waals surface area contributed by atoms with Gasteiger partial charge in [-0.25, -0.2) is 0 Å². The van der Waals surface area contributed by atoms with E-state index in [0.717, 1.165) is 32.1 Å². The lowest BCUT2D eigenvalue weighted by Crippen LogP contribution is -2.71. The molecule has 2 amide bonds. The molecule has 1 saturated carbocycles. The minimum absolute atomic E-state index is 0.0144. The number of piperazine rings is 1. The predicted molar refractivity (Wildman–Crippen MR) is 77.7 cm³/mol. The van der Waals surface area contributed by atoms with Crippen LogP contribution < -0.4 is 5.32 Å². The number of carbonyl (C=O) groups is 2. The molecular formula is C16H24N2O2. The fraction of sp³-hybridized carbons (Fsp3) is 0.750. The molecule has 0 aromatic carbocycles. The highest BCUT2D eigenvalue weighted by Crippen LogP contribution is 2.34. The average Bonchev–Trinajstić information content (AvgIpc) is 2.41. The third-order valence-electron chi connectivity index (χ3n) is 4.40. The quantitative estimate of drug-likeness (QED) is 0.780. The van der Waals surface area contributed by atoms with Crippen LogP contribution in [0.15, 0.2) is 0 Å². The Hall–Kier alpha value is -1.50. The molecule has 4 nitrogen and oxygen atoms in total. The zero-order valence-electron chi connectivity index (χ0n) is 12.7. The first-order valence-electron chi connectivity index (χ1n) is 7.54. The monoisotopic (exact) mass is 276 g/mol. The van der Waals surface area contributed by atoms with E-state index < -0.39 is 11.6 Å². The molecule has 0 aromatic heterocycles. The van der Waals surface area contributed by atoms with Crippen molar-refractivity contribution in [3.8, 4) is 11.8 Å². The first-order chi connectivity index (χ1) is 9.52. The number of nitrogens with one attached hydrogen (secondary N) is 1. The molecule has 0 aromatic rings. The first-order valence-corrected chi connectivity index (χ1v) is 7.54. The van der Waals surface area contributed by atoms with E-state index in [2.05, 4.69) is 17.2 Å². The zero-order valence-corrected chi connectivity index (χ0v) is 12.7. The van der Waals surface area contributed by atoms with Gasteiger partial charge in [-0.15, -0.1) is 5.92 Å². The Morgan fingerprint density at radius 2 is 1.95 bits per heavy atom. The molecule has 1 saturated heterocycles. The number of rotatable bonds is 2. The number of hydrogen-bond donors (Lipinski definition) is 1. The molecule has 1 aliphatic carbocycles. The fourth-order valence-corrected chi connectivity index (χ4v) is 3.40. The molecule has 1 spiro atoms. The molecule has 2 fully saturated rings. The highest BCUT2D eigenvalue weighted by molar-refractivity contribution is 6.00. The van der Waals surface area contributed by atoms with Crippen molar-refractivity contribution >= 4 is 11.8 Å². The third kappa shape index (κ3) is 2.54. The standard InChI is InChI=1S/C16H24N2O2/c1-4-5-11-18-13(12(2)3)14(19)17-16(15(18)20)9-7-6-8-10-16/h12-13H,6-11H2,1-3H3,(H,17,19). The second kappa shape index (κ2) is 5.87. The summed E-state index contributed by atoms with van der Waals surface area (Å²) in [7, 11) is 0. The van der Waals surface area contributed by atoms with Crippen molar-refractivity contribution in [3.05, 3.63) is 0 Å². The predicted octanol–water partition coefficient (Wildman–Crippen LogP) is 1.70. The molecule has 110 valence electrons. The molecule has 1 aliphatic heterocycles. The molecule has 2 aliphatic rings. The van der Waals surface area contributed by atoms with Crippen molar-refractivity contribution in [1.82, 2.24) is 10.2 Å². The highest BCUT2D eigenvalue weighted by Gasteiger charge is 2.51. The fourth-order valence-electron chi connectivity index (χ4n) is 3.40. The Kier molecular flexibility index (Phi) is 4.37. The molecular weight excluding hydrogens is 252 g/mol. The molecule has 0 bridgehead atoms. The summed E-state index contributed by atoms with van der Waals surface area (Å²) < 4.78 is 0. The lowest BCUT2D eigenvalue weighted by molar-refractivity contribution is -0.157. The van der Waals surface area contributed by atoms with Gasteiger partial charge in [-0.05, 0) is 25.7 Å². The summed E-state index contributed by atoms with van der Waals surface area (Å²) in [6, 6.07) is -0.393. The van der Waals surface area contributed by atoms with Gasteiger partial charge in [0.15, 0.2) is 0 Å². The number of amides is 2. The maximum absolute atomic E-state index is 12.9. The molecule has 1 N–H and O–H groups in total. The van der Waals surface area contributed by atoms with Crippen molar-refractivity contribution in [2.24, 2.45) is 5.92 Å². The van der Waals surface area contributed by atoms with E-state index in [-0.39, 0.29) is 17.7 Å². The zero-order chi connectivity index (χ0) is 14.8. The van der Waals surface area contributed by atoms with E-state index in [4.69, 9.17) is 0 Å². The van der Waals surface area contributed by atoms with Crippen LogP contribution in [-0.4, -0.2) is 34.8 Å². The van der Waals surface area contributed by atoms with Crippen molar-refractivity contribution < 1.29 is 9.59 Å². The number of hydrogen-bond acceptors (Lipinski definition) is 2. The molecule has 1 heterocycles. The van der Waals surface area contributed by atoms with E-state index in [1.807, 2.05) is 13.8 Å². The van der Waals surface area contributed by atoms with Gasteiger partial charge in [-0.1, -0.05) is 39.0 Å². The summed E-state index contributed by atoms with van der Waals surface area (Å²) >= 11 is 0. The van der Waals surface area contributed by atoms with Crippen molar-refractivity contribution in [3.63, 3.8) is 0 Å². The summed E-state index contributed by atoms with van der Waals surface area (Å²) in [6.45, 7) is 6.06. The van der Waals surface area contributed by atoms with Crippen molar-refractivity contribution in [2.45, 2.75) is 64.5 Å². The van der Waals surface area contributed by atoms with Crippen molar-refractivity contribution in [2.75, 3.05) is 6.54 Å². The topological polar surface area (TPSA) is 49.4 Å². The lowest BCUT2D eigenvalue weighted by atomic mass is 9.77. The second-order valence-electron chi connectivity index (χ2n) is 6.18. The summed E-state index contributed by atoms with van der Waals surface area (Å²) in [5.41, 5.74) is -0.657. The average molecular weight is 276 g/mol. The molecule has 4 heteroatoms. The summed E-state index contributed by atoms with van der Waals surface area (Å²) in [5, 5.41) is 3.04. The minimum atomic E-state index is -0.657. The van der Waals surface area contributed by atoms with Crippen LogP contribution >= 0.6 is 0 Å². The van der Waals surface area contributed by atoms with E-state index in [1.54, 1.807) is 11.8 Å². The smallest absolute Gasteiger partial charge is 0.249 e. The van der Waals surface area contributed by atoms with E-state index in [0.29, 0.717) is 6.54 Å². The van der Waals surface area contributed by atoms with E-state index in [1.165, 1.54) is 0 Å². The van der Waals surface area contributed by atoms with Crippen LogP contribution in [0.4, 0.5) is 0 Å². The van der Waals surface area contributed by atoms with Gasteiger partial charge in [-0.3, -0.25) is 9.59 Å². The largest absolute Gasteiger partial charge is 0.340 e. The molecule has 20 heavy (non-hydrogen) atoms. The molecule has 0 radical (unpaired) electrons. The Morgan fingerprint density at radius 1 is 1.30 bits per heavy atom. The number of carbonyl (C=O) groups excluding carboxylic acids is 2. The van der Waals surface area contributed by atoms with E-state index in [9.17, 15) is 9.59 Å². The van der Waals surface area contributed by atoms with Gasteiger partial charge in [0.25, 0.3) is 0 Å². The third-order valence-corrected chi connectivity index (χ3v) is 4.40. The SMILES string of the molecule is CC#CCN1C(=O)C2(CCCCC2)NC(=O)C1C(C)C. The van der Waals surface area contributed by atoms with E-state index >= 15 is 0 Å². The van der Waals surface area contributed by atoms with Crippen LogP contribution in [-0.2, 0) is 9.59 Å². The van der Waals surface area contributed by atoms with Gasteiger partial charge < -0.3 is 10.2 Å². The van der Waals surface area contributed by atoms with Crippen molar-refractivity contribution in [1.29, 1.82) is 0 Å². The first kappa shape index (κ1) is 14.9. The second-order valence-corrected chi connectivity index (χ2v) is 6.18. The molecule has 1 unspecified atom stereocenters. The number of nitrogens with zero attached hydrogens (tertiary/aromatic N) is 1. The van der Waals surface area contributed by atoms with Crippen LogP contribution in [0.25, 0.3) is 0 Å². The summed E-state index contributed by atoms with van der Waals surface area (Å²) in [6.07, 6.45) is 4.68. The van der Waals surface area contributed by atoms with Crippen LogP contribution in [0.2, 0.25) is 0 Å². The normalized spacial score (nSPS) is 25.4. The van der Waals surface area contributed by atoms with Gasteiger partial charge in [0.1, 0.15) is 11.6 Å². The Balaban J connectivity index is 2.31. The Labute approximate surface area is 121 Å². The maximum atomic E-state index is 12.9. The van der Waals surface area contributed by atoms with Crippen LogP contribution in [0, 0.1) is 17.8 Å². The summed E-state index contributed by atoms with van der Waals surface area (Å²) in [4.78, 5) is 27.1. The van der Waals surface area contributed by atoms with Gasteiger partial charge in [-0.2, -0.15) is 0 Å². The maximum Gasteiger partial charge on any atom is 0.249 e. The van der Waals surface area contributed by atoms with Gasteiger partial charge >= 0.3 is 0 Å². The van der Waals surface area contributed by atoms with Crippen LogP contribution in [0.5, 0.6) is 0 Å².